The molecule has 1 saturated heterocycles. The summed E-state index contributed by atoms with van der Waals surface area (Å²) in [6, 6.07) is -0.992. The van der Waals surface area contributed by atoms with Gasteiger partial charge in [-0.1, -0.05) is 0 Å². The first-order chi connectivity index (χ1) is 10.4. The Hall–Kier alpha value is -1.26. The molecule has 0 radical (unpaired) electrons. The molecule has 1 rings (SSSR count). The van der Waals surface area contributed by atoms with Crippen molar-refractivity contribution in [3.8, 4) is 0 Å². The summed E-state index contributed by atoms with van der Waals surface area (Å²) in [5, 5.41) is 39.9. The van der Waals surface area contributed by atoms with Gasteiger partial charge in [0.15, 0.2) is 0 Å². The fourth-order valence-electron chi connectivity index (χ4n) is 2.10. The van der Waals surface area contributed by atoms with Crippen LogP contribution >= 0.6 is 0 Å². The van der Waals surface area contributed by atoms with Crippen LogP contribution in [0.25, 0.3) is 0 Å². The van der Waals surface area contributed by atoms with E-state index in [4.69, 9.17) is 14.6 Å². The van der Waals surface area contributed by atoms with E-state index >= 15 is 0 Å². The normalized spacial score (nSPS) is 29.7. The fourth-order valence-corrected chi connectivity index (χ4v) is 2.10. The van der Waals surface area contributed by atoms with Crippen LogP contribution in [0.2, 0.25) is 0 Å². The van der Waals surface area contributed by atoms with Crippen LogP contribution in [-0.2, 0) is 19.1 Å². The van der Waals surface area contributed by atoms with Crippen LogP contribution in [-0.4, -0.2) is 82.6 Å². The summed E-state index contributed by atoms with van der Waals surface area (Å²) < 4.78 is 9.89. The molecule has 9 nitrogen and oxygen atoms in total. The largest absolute Gasteiger partial charge is 0.464 e. The molecule has 22 heavy (non-hydrogen) atoms. The van der Waals surface area contributed by atoms with Gasteiger partial charge in [-0.3, -0.25) is 4.79 Å². The second kappa shape index (κ2) is 9.01. The van der Waals surface area contributed by atoms with E-state index in [0.29, 0.717) is 0 Å². The fraction of sp³-hybridized carbons (Fsp3) is 0.846. The van der Waals surface area contributed by atoms with Gasteiger partial charge < -0.3 is 35.2 Å². The minimum atomic E-state index is -1.41. The highest BCUT2D eigenvalue weighted by Gasteiger charge is 2.38. The summed E-state index contributed by atoms with van der Waals surface area (Å²) in [5.74, 6) is -1.26. The first kappa shape index (κ1) is 18.8. The van der Waals surface area contributed by atoms with Crippen LogP contribution in [0.4, 0.5) is 0 Å². The molecule has 0 aliphatic carbocycles. The SMILES string of the molecule is CCOC(=O)[C@@H](CCO)NC(=O)C[C@@H]1OC[C@@H](O)[C@H](O)C1O. The standard InChI is InChI=1S/C13H23NO8/c1-2-21-13(20)7(3-4-15)14-10(17)5-9-12(19)11(18)8(16)6-22-9/h7-9,11-12,15-16,18-19H,2-6H2,1H3,(H,14,17)/t7-,8-,9+,11+,12?/m1/s1. The Bertz CT molecular complexity index is 377. The smallest absolute Gasteiger partial charge is 0.328 e. The van der Waals surface area contributed by atoms with Gasteiger partial charge in [0.05, 0.1) is 25.7 Å². The van der Waals surface area contributed by atoms with Gasteiger partial charge in [-0.15, -0.1) is 0 Å². The molecule has 5 atom stereocenters. The summed E-state index contributed by atoms with van der Waals surface area (Å²) in [7, 11) is 0. The number of carbonyl (C=O) groups excluding carboxylic acids is 2. The number of aliphatic hydroxyl groups excluding tert-OH is 4. The molecule has 0 spiro atoms. The third kappa shape index (κ3) is 5.18. The second-order valence-electron chi connectivity index (χ2n) is 5.01. The molecule has 0 bridgehead atoms. The topological polar surface area (TPSA) is 146 Å². The highest BCUT2D eigenvalue weighted by Crippen LogP contribution is 2.18. The van der Waals surface area contributed by atoms with Gasteiger partial charge >= 0.3 is 5.97 Å². The van der Waals surface area contributed by atoms with Gasteiger partial charge in [0, 0.05) is 13.0 Å². The molecule has 1 aliphatic rings. The third-order valence-corrected chi connectivity index (χ3v) is 3.32. The lowest BCUT2D eigenvalue weighted by atomic mass is 9.97. The van der Waals surface area contributed by atoms with Gasteiger partial charge in [0.2, 0.25) is 5.91 Å². The Balaban J connectivity index is 2.54. The number of nitrogens with one attached hydrogen (secondary N) is 1. The summed E-state index contributed by atoms with van der Waals surface area (Å²) >= 11 is 0. The maximum Gasteiger partial charge on any atom is 0.328 e. The quantitative estimate of drug-likeness (QED) is 0.318. The first-order valence-corrected chi connectivity index (χ1v) is 7.13. The Labute approximate surface area is 127 Å². The summed E-state index contributed by atoms with van der Waals surface area (Å²) in [6.07, 6.45) is -5.31. The minimum absolute atomic E-state index is 0.0000101. The van der Waals surface area contributed by atoms with E-state index < -0.39 is 42.3 Å². The third-order valence-electron chi connectivity index (χ3n) is 3.32. The van der Waals surface area contributed by atoms with Crippen LogP contribution in [0.1, 0.15) is 19.8 Å². The van der Waals surface area contributed by atoms with Crippen molar-refractivity contribution >= 4 is 11.9 Å². The van der Waals surface area contributed by atoms with Gasteiger partial charge in [0.25, 0.3) is 0 Å². The van der Waals surface area contributed by atoms with Gasteiger partial charge in [-0.2, -0.15) is 0 Å². The lowest BCUT2D eigenvalue weighted by Gasteiger charge is -2.35. The number of rotatable bonds is 7. The summed E-state index contributed by atoms with van der Waals surface area (Å²) in [6.45, 7) is 1.26. The van der Waals surface area contributed by atoms with Crippen molar-refractivity contribution in [3.63, 3.8) is 0 Å². The number of amides is 1. The molecule has 5 N–H and O–H groups in total. The Kier molecular flexibility index (Phi) is 7.69. The monoisotopic (exact) mass is 321 g/mol. The molecule has 1 unspecified atom stereocenters. The van der Waals surface area contributed by atoms with E-state index in [1.165, 1.54) is 0 Å². The first-order valence-electron chi connectivity index (χ1n) is 7.13. The van der Waals surface area contributed by atoms with Crippen molar-refractivity contribution < 1.29 is 39.5 Å². The van der Waals surface area contributed by atoms with Crippen LogP contribution in [0.3, 0.4) is 0 Å². The van der Waals surface area contributed by atoms with E-state index in [9.17, 15) is 24.9 Å². The lowest BCUT2D eigenvalue weighted by Crippen LogP contribution is -2.54. The van der Waals surface area contributed by atoms with Crippen LogP contribution < -0.4 is 5.32 Å². The van der Waals surface area contributed by atoms with Crippen molar-refractivity contribution in [2.24, 2.45) is 0 Å². The predicted molar refractivity (Wildman–Crippen MR) is 72.6 cm³/mol. The van der Waals surface area contributed by atoms with E-state index in [1.807, 2.05) is 0 Å². The maximum atomic E-state index is 11.9. The lowest BCUT2D eigenvalue weighted by molar-refractivity contribution is -0.189. The number of hydrogen-bond donors (Lipinski definition) is 5. The molecular formula is C13H23NO8. The number of aliphatic hydroxyl groups is 4. The Morgan fingerprint density at radius 2 is 2.00 bits per heavy atom. The number of esters is 1. The molecule has 1 fully saturated rings. The highest BCUT2D eigenvalue weighted by molar-refractivity contribution is 5.84. The molecule has 1 heterocycles. The van der Waals surface area contributed by atoms with Crippen molar-refractivity contribution in [1.29, 1.82) is 0 Å². The maximum absolute atomic E-state index is 11.9. The number of carbonyl (C=O) groups is 2. The molecule has 1 amide bonds. The van der Waals surface area contributed by atoms with E-state index in [0.717, 1.165) is 0 Å². The molecule has 9 heteroatoms. The summed E-state index contributed by atoms with van der Waals surface area (Å²) in [4.78, 5) is 23.5. The molecule has 0 aromatic carbocycles. The van der Waals surface area contributed by atoms with Crippen molar-refractivity contribution in [1.82, 2.24) is 5.32 Å². The number of hydrogen-bond acceptors (Lipinski definition) is 8. The van der Waals surface area contributed by atoms with Gasteiger partial charge in [-0.25, -0.2) is 4.79 Å². The van der Waals surface area contributed by atoms with Crippen LogP contribution in [0, 0.1) is 0 Å². The zero-order chi connectivity index (χ0) is 16.7. The van der Waals surface area contributed by atoms with Gasteiger partial charge in [0.1, 0.15) is 24.4 Å². The van der Waals surface area contributed by atoms with Crippen LogP contribution in [0.15, 0.2) is 0 Å². The minimum Gasteiger partial charge on any atom is -0.464 e. The average Bonchev–Trinajstić information content (AvgIpc) is 2.48. The van der Waals surface area contributed by atoms with Gasteiger partial charge in [-0.05, 0) is 6.92 Å². The zero-order valence-corrected chi connectivity index (χ0v) is 12.3. The van der Waals surface area contributed by atoms with E-state index in [1.54, 1.807) is 6.92 Å². The van der Waals surface area contributed by atoms with Crippen molar-refractivity contribution in [2.75, 3.05) is 19.8 Å². The predicted octanol–water partition coefficient (Wildman–Crippen LogP) is -2.71. The molecule has 128 valence electrons. The summed E-state index contributed by atoms with van der Waals surface area (Å²) in [5.41, 5.74) is 0. The van der Waals surface area contributed by atoms with E-state index in [2.05, 4.69) is 5.32 Å². The average molecular weight is 321 g/mol. The molecule has 1 aliphatic heterocycles. The number of ether oxygens (including phenoxy) is 2. The van der Waals surface area contributed by atoms with E-state index in [-0.39, 0.29) is 32.7 Å². The molecule has 0 aromatic rings. The van der Waals surface area contributed by atoms with Crippen molar-refractivity contribution in [2.45, 2.75) is 50.2 Å². The molecular weight excluding hydrogens is 298 g/mol. The van der Waals surface area contributed by atoms with Crippen molar-refractivity contribution in [3.05, 3.63) is 0 Å². The second-order valence-corrected chi connectivity index (χ2v) is 5.01. The Morgan fingerprint density at radius 1 is 1.32 bits per heavy atom. The molecule has 0 saturated carbocycles. The van der Waals surface area contributed by atoms with Crippen LogP contribution in [0.5, 0.6) is 0 Å². The Morgan fingerprint density at radius 3 is 2.59 bits per heavy atom. The zero-order valence-electron chi connectivity index (χ0n) is 12.3. The molecule has 0 aromatic heterocycles. The highest BCUT2D eigenvalue weighted by atomic mass is 16.5.